The molecule has 0 saturated heterocycles. The molecule has 0 atom stereocenters. The highest BCUT2D eigenvalue weighted by molar-refractivity contribution is 6.33. The Kier molecular flexibility index (Phi) is 4.61. The third kappa shape index (κ3) is 3.46. The zero-order valence-electron chi connectivity index (χ0n) is 11.9. The van der Waals surface area contributed by atoms with Crippen molar-refractivity contribution in [2.24, 2.45) is 0 Å². The highest BCUT2D eigenvalue weighted by atomic mass is 35.5. The number of nitrogens with one attached hydrogen (secondary N) is 1. The molecule has 0 aliphatic heterocycles. The largest absolute Gasteiger partial charge is 0.478 e. The molecule has 0 bridgehead atoms. The second-order valence-electron chi connectivity index (χ2n) is 4.66. The van der Waals surface area contributed by atoms with Gasteiger partial charge in [0.05, 0.1) is 15.5 Å². The quantitative estimate of drug-likeness (QED) is 0.656. The number of nitro benzene ring substituents is 1. The molecule has 23 heavy (non-hydrogen) atoms. The van der Waals surface area contributed by atoms with E-state index in [1.807, 2.05) is 0 Å². The normalized spacial score (nSPS) is 10.2. The molecule has 2 aromatic rings. The van der Waals surface area contributed by atoms with E-state index in [1.165, 1.54) is 43.3 Å². The van der Waals surface area contributed by atoms with Gasteiger partial charge in [-0.2, -0.15) is 0 Å². The molecule has 8 heteroatoms. The minimum atomic E-state index is -1.22. The van der Waals surface area contributed by atoms with Crippen LogP contribution in [0.4, 0.5) is 11.4 Å². The van der Waals surface area contributed by atoms with Gasteiger partial charge in [-0.3, -0.25) is 14.9 Å². The van der Waals surface area contributed by atoms with Crippen LogP contribution in [0, 0.1) is 17.0 Å². The number of hydrogen-bond acceptors (Lipinski definition) is 4. The molecule has 0 fully saturated rings. The summed E-state index contributed by atoms with van der Waals surface area (Å²) >= 11 is 5.76. The average Bonchev–Trinajstić information content (AvgIpc) is 2.48. The number of carbonyl (C=O) groups is 2. The molecule has 0 spiro atoms. The molecule has 2 rings (SSSR count). The number of halogens is 1. The third-order valence-electron chi connectivity index (χ3n) is 3.20. The van der Waals surface area contributed by atoms with Gasteiger partial charge in [-0.15, -0.1) is 0 Å². The fourth-order valence-electron chi connectivity index (χ4n) is 2.03. The molecule has 0 unspecified atom stereocenters. The fraction of sp³-hybridized carbons (Fsp3) is 0.0667. The average molecular weight is 335 g/mol. The summed E-state index contributed by atoms with van der Waals surface area (Å²) in [5.41, 5.74) is 0.261. The Labute approximate surface area is 135 Å². The maximum absolute atomic E-state index is 12.3. The number of amides is 1. The van der Waals surface area contributed by atoms with E-state index in [0.29, 0.717) is 0 Å². The van der Waals surface area contributed by atoms with Gasteiger partial charge in [-0.25, -0.2) is 4.79 Å². The highest BCUT2D eigenvalue weighted by Crippen LogP contribution is 2.24. The minimum Gasteiger partial charge on any atom is -0.478 e. The first-order valence-electron chi connectivity index (χ1n) is 6.39. The van der Waals surface area contributed by atoms with Crippen LogP contribution < -0.4 is 5.32 Å². The number of nitrogens with zero attached hydrogens (tertiary/aromatic N) is 1. The van der Waals surface area contributed by atoms with Crippen LogP contribution in [0.1, 0.15) is 26.3 Å². The molecule has 0 radical (unpaired) electrons. The molecule has 0 saturated carbocycles. The molecule has 2 aromatic carbocycles. The van der Waals surface area contributed by atoms with Gasteiger partial charge in [0, 0.05) is 22.9 Å². The number of nitro groups is 1. The Morgan fingerprint density at radius 1 is 1.22 bits per heavy atom. The summed E-state index contributed by atoms with van der Waals surface area (Å²) in [5.74, 6) is -1.80. The van der Waals surface area contributed by atoms with Gasteiger partial charge >= 0.3 is 5.97 Å². The van der Waals surface area contributed by atoms with Crippen LogP contribution in [0.3, 0.4) is 0 Å². The molecule has 2 N–H and O–H groups in total. The van der Waals surface area contributed by atoms with Crippen molar-refractivity contribution in [3.63, 3.8) is 0 Å². The van der Waals surface area contributed by atoms with E-state index < -0.39 is 16.8 Å². The fourth-order valence-corrected chi connectivity index (χ4v) is 2.23. The van der Waals surface area contributed by atoms with Crippen molar-refractivity contribution in [1.29, 1.82) is 0 Å². The summed E-state index contributed by atoms with van der Waals surface area (Å²) in [4.78, 5) is 33.6. The van der Waals surface area contributed by atoms with Crippen molar-refractivity contribution < 1.29 is 19.6 Å². The van der Waals surface area contributed by atoms with Gasteiger partial charge in [0.1, 0.15) is 0 Å². The Morgan fingerprint density at radius 3 is 2.52 bits per heavy atom. The first kappa shape index (κ1) is 16.4. The SMILES string of the molecule is Cc1c(C(=O)Nc2ccc(Cl)c(C(=O)O)c2)cccc1[N+](=O)[O-]. The van der Waals surface area contributed by atoms with Gasteiger partial charge in [0.25, 0.3) is 11.6 Å². The van der Waals surface area contributed by atoms with Gasteiger partial charge in [0.2, 0.25) is 0 Å². The van der Waals surface area contributed by atoms with Crippen molar-refractivity contribution in [2.45, 2.75) is 6.92 Å². The Balaban J connectivity index is 2.33. The molecular formula is C15H11ClN2O5. The Hall–Kier alpha value is -2.93. The second-order valence-corrected chi connectivity index (χ2v) is 5.07. The molecular weight excluding hydrogens is 324 g/mol. The number of anilines is 1. The van der Waals surface area contributed by atoms with Crippen LogP contribution in [0.5, 0.6) is 0 Å². The lowest BCUT2D eigenvalue weighted by Crippen LogP contribution is -2.14. The van der Waals surface area contributed by atoms with Crippen molar-refractivity contribution in [3.8, 4) is 0 Å². The highest BCUT2D eigenvalue weighted by Gasteiger charge is 2.18. The lowest BCUT2D eigenvalue weighted by molar-refractivity contribution is -0.385. The smallest absolute Gasteiger partial charge is 0.337 e. The van der Waals surface area contributed by atoms with E-state index in [2.05, 4.69) is 5.32 Å². The van der Waals surface area contributed by atoms with Crippen molar-refractivity contribution >= 4 is 34.9 Å². The van der Waals surface area contributed by atoms with Gasteiger partial charge in [-0.05, 0) is 31.2 Å². The van der Waals surface area contributed by atoms with Gasteiger partial charge in [-0.1, -0.05) is 17.7 Å². The number of carbonyl (C=O) groups excluding carboxylic acids is 1. The summed E-state index contributed by atoms with van der Waals surface area (Å²) < 4.78 is 0. The topological polar surface area (TPSA) is 110 Å². The van der Waals surface area contributed by atoms with E-state index in [1.54, 1.807) is 0 Å². The summed E-state index contributed by atoms with van der Waals surface area (Å²) in [6, 6.07) is 8.17. The first-order chi connectivity index (χ1) is 10.8. The van der Waals surface area contributed by atoms with E-state index in [0.717, 1.165) is 0 Å². The predicted molar refractivity (Wildman–Crippen MR) is 84.2 cm³/mol. The van der Waals surface area contributed by atoms with Crippen LogP contribution in [0.25, 0.3) is 0 Å². The van der Waals surface area contributed by atoms with E-state index in [-0.39, 0.29) is 33.1 Å². The zero-order valence-corrected chi connectivity index (χ0v) is 12.6. The van der Waals surface area contributed by atoms with E-state index in [4.69, 9.17) is 16.7 Å². The molecule has 0 aromatic heterocycles. The maximum atomic E-state index is 12.3. The lowest BCUT2D eigenvalue weighted by atomic mass is 10.1. The van der Waals surface area contributed by atoms with Crippen molar-refractivity contribution in [3.05, 3.63) is 68.2 Å². The number of benzene rings is 2. The number of aromatic carboxylic acids is 1. The van der Waals surface area contributed by atoms with Gasteiger partial charge < -0.3 is 10.4 Å². The Morgan fingerprint density at radius 2 is 1.91 bits per heavy atom. The van der Waals surface area contributed by atoms with Crippen LogP contribution in [0.2, 0.25) is 5.02 Å². The number of rotatable bonds is 4. The van der Waals surface area contributed by atoms with Crippen LogP contribution in [-0.2, 0) is 0 Å². The van der Waals surface area contributed by atoms with Crippen molar-refractivity contribution in [1.82, 2.24) is 0 Å². The standard InChI is InChI=1S/C15H11ClN2O5/c1-8-10(3-2-4-13(8)18(22)23)14(19)17-9-5-6-12(16)11(7-9)15(20)21/h2-7H,1H3,(H,17,19)(H,20,21). The molecule has 1 amide bonds. The molecule has 0 aliphatic rings. The van der Waals surface area contributed by atoms with E-state index in [9.17, 15) is 19.7 Å². The second kappa shape index (κ2) is 6.45. The van der Waals surface area contributed by atoms with E-state index >= 15 is 0 Å². The maximum Gasteiger partial charge on any atom is 0.337 e. The van der Waals surface area contributed by atoms with Crippen LogP contribution >= 0.6 is 11.6 Å². The first-order valence-corrected chi connectivity index (χ1v) is 6.77. The summed E-state index contributed by atoms with van der Waals surface area (Å²) in [6.07, 6.45) is 0. The van der Waals surface area contributed by atoms with Crippen LogP contribution in [-0.4, -0.2) is 21.9 Å². The summed E-state index contributed by atoms with van der Waals surface area (Å²) in [5, 5.41) is 22.5. The van der Waals surface area contributed by atoms with Crippen LogP contribution in [0.15, 0.2) is 36.4 Å². The third-order valence-corrected chi connectivity index (χ3v) is 3.53. The monoisotopic (exact) mass is 334 g/mol. The number of carboxylic acids is 1. The molecule has 7 nitrogen and oxygen atoms in total. The zero-order chi connectivity index (χ0) is 17.1. The molecule has 0 heterocycles. The minimum absolute atomic E-state index is 0.0435. The molecule has 118 valence electrons. The summed E-state index contributed by atoms with van der Waals surface area (Å²) in [6.45, 7) is 1.47. The van der Waals surface area contributed by atoms with Gasteiger partial charge in [0.15, 0.2) is 0 Å². The number of carboxylic acid groups (broad SMARTS) is 1. The lowest BCUT2D eigenvalue weighted by Gasteiger charge is -2.09. The summed E-state index contributed by atoms with van der Waals surface area (Å²) in [7, 11) is 0. The van der Waals surface area contributed by atoms with Crippen molar-refractivity contribution in [2.75, 3.05) is 5.32 Å². The molecule has 0 aliphatic carbocycles. The number of hydrogen-bond donors (Lipinski definition) is 2. The predicted octanol–water partition coefficient (Wildman–Crippen LogP) is 3.51. The Bertz CT molecular complexity index is 820.